The molecule has 1 amide bonds. The molecule has 2 fully saturated rings. The van der Waals surface area contributed by atoms with E-state index >= 15 is 0 Å². The van der Waals surface area contributed by atoms with Gasteiger partial charge < -0.3 is 20.5 Å². The number of rotatable bonds is 6. The van der Waals surface area contributed by atoms with Crippen molar-refractivity contribution in [1.29, 1.82) is 0 Å². The minimum absolute atomic E-state index is 0.0111. The SMILES string of the molecule is Nc1nc(CC(=O)N[C@@H]2CCOC[C@H]2OCC2CC2)cc(=O)[nH]1. The summed E-state index contributed by atoms with van der Waals surface area (Å²) in [6.45, 7) is 1.82. The summed E-state index contributed by atoms with van der Waals surface area (Å²) in [6.07, 6.45) is 3.05. The number of aromatic amines is 1. The lowest BCUT2D eigenvalue weighted by Crippen LogP contribution is -2.50. The van der Waals surface area contributed by atoms with E-state index in [4.69, 9.17) is 15.2 Å². The van der Waals surface area contributed by atoms with Crippen molar-refractivity contribution in [3.8, 4) is 0 Å². The highest BCUT2D eigenvalue weighted by Crippen LogP contribution is 2.29. The highest BCUT2D eigenvalue weighted by molar-refractivity contribution is 5.78. The van der Waals surface area contributed by atoms with Crippen LogP contribution in [0.15, 0.2) is 10.9 Å². The number of hydrogen-bond acceptors (Lipinski definition) is 6. The lowest BCUT2D eigenvalue weighted by atomic mass is 10.1. The van der Waals surface area contributed by atoms with Crippen LogP contribution in [0.1, 0.15) is 25.0 Å². The van der Waals surface area contributed by atoms with Gasteiger partial charge in [-0.2, -0.15) is 0 Å². The standard InChI is InChI=1S/C15H22N4O4/c16-15-17-10(6-14(21)19-15)5-13(20)18-11-3-4-22-8-12(11)23-7-9-1-2-9/h6,9,11-12H,1-5,7-8H2,(H,18,20)(H3,16,17,19,21)/t11-,12-/m1/s1. The first-order valence-electron chi connectivity index (χ1n) is 7.94. The monoisotopic (exact) mass is 322 g/mol. The second-order valence-corrected chi connectivity index (χ2v) is 6.15. The van der Waals surface area contributed by atoms with Crippen LogP contribution in [-0.4, -0.2) is 47.8 Å². The molecule has 8 nitrogen and oxygen atoms in total. The van der Waals surface area contributed by atoms with Crippen molar-refractivity contribution in [2.75, 3.05) is 25.6 Å². The minimum Gasteiger partial charge on any atom is -0.379 e. The number of nitrogens with two attached hydrogens (primary N) is 1. The van der Waals surface area contributed by atoms with E-state index in [0.29, 0.717) is 31.2 Å². The van der Waals surface area contributed by atoms with Gasteiger partial charge in [-0.05, 0) is 25.2 Å². The molecular weight excluding hydrogens is 300 g/mol. The Bertz CT molecular complexity index is 614. The number of aromatic nitrogens is 2. The van der Waals surface area contributed by atoms with E-state index in [-0.39, 0.29) is 36.0 Å². The summed E-state index contributed by atoms with van der Waals surface area (Å²) in [4.78, 5) is 29.9. The van der Waals surface area contributed by atoms with Crippen LogP contribution in [0.4, 0.5) is 5.95 Å². The van der Waals surface area contributed by atoms with Crippen LogP contribution in [0, 0.1) is 5.92 Å². The third-order valence-electron chi connectivity index (χ3n) is 4.05. The van der Waals surface area contributed by atoms with Crippen LogP contribution in [0.5, 0.6) is 0 Å². The molecule has 8 heteroatoms. The van der Waals surface area contributed by atoms with Gasteiger partial charge in [0.1, 0.15) is 6.10 Å². The molecule has 1 aliphatic heterocycles. The van der Waals surface area contributed by atoms with Gasteiger partial charge in [0, 0.05) is 19.3 Å². The first kappa shape index (κ1) is 15.9. The number of H-pyrrole nitrogens is 1. The van der Waals surface area contributed by atoms with Gasteiger partial charge in [-0.1, -0.05) is 0 Å². The van der Waals surface area contributed by atoms with Crippen LogP contribution in [0.2, 0.25) is 0 Å². The van der Waals surface area contributed by atoms with Crippen LogP contribution in [0.25, 0.3) is 0 Å². The fraction of sp³-hybridized carbons (Fsp3) is 0.667. The van der Waals surface area contributed by atoms with E-state index < -0.39 is 0 Å². The Morgan fingerprint density at radius 1 is 1.48 bits per heavy atom. The van der Waals surface area contributed by atoms with Gasteiger partial charge in [-0.25, -0.2) is 4.98 Å². The molecule has 0 unspecified atom stereocenters. The van der Waals surface area contributed by atoms with Gasteiger partial charge in [-0.15, -0.1) is 0 Å². The second-order valence-electron chi connectivity index (χ2n) is 6.15. The minimum atomic E-state index is -0.364. The molecule has 2 heterocycles. The molecule has 0 radical (unpaired) electrons. The molecule has 1 aromatic rings. The number of carbonyl (C=O) groups excluding carboxylic acids is 1. The van der Waals surface area contributed by atoms with Crippen molar-refractivity contribution in [1.82, 2.24) is 15.3 Å². The number of nitrogens with one attached hydrogen (secondary N) is 2. The Hall–Kier alpha value is -1.93. The molecule has 4 N–H and O–H groups in total. The number of amides is 1. The summed E-state index contributed by atoms with van der Waals surface area (Å²) in [5, 5.41) is 2.96. The maximum Gasteiger partial charge on any atom is 0.252 e. The smallest absolute Gasteiger partial charge is 0.252 e. The Morgan fingerprint density at radius 2 is 2.30 bits per heavy atom. The number of hydrogen-bond donors (Lipinski definition) is 3. The van der Waals surface area contributed by atoms with Gasteiger partial charge in [0.15, 0.2) is 0 Å². The summed E-state index contributed by atoms with van der Waals surface area (Å²) >= 11 is 0. The summed E-state index contributed by atoms with van der Waals surface area (Å²) in [5.74, 6) is 0.475. The quantitative estimate of drug-likeness (QED) is 0.655. The first-order chi connectivity index (χ1) is 11.1. The number of carbonyl (C=O) groups is 1. The molecule has 126 valence electrons. The molecule has 23 heavy (non-hydrogen) atoms. The zero-order valence-corrected chi connectivity index (χ0v) is 12.9. The van der Waals surface area contributed by atoms with Crippen molar-refractivity contribution in [3.05, 3.63) is 22.1 Å². The van der Waals surface area contributed by atoms with E-state index in [9.17, 15) is 9.59 Å². The Balaban J connectivity index is 1.54. The van der Waals surface area contributed by atoms with Crippen molar-refractivity contribution < 1.29 is 14.3 Å². The van der Waals surface area contributed by atoms with Gasteiger partial charge in [0.2, 0.25) is 11.9 Å². The van der Waals surface area contributed by atoms with Crippen LogP contribution < -0.4 is 16.6 Å². The van der Waals surface area contributed by atoms with Gasteiger partial charge in [0.05, 0.1) is 24.8 Å². The molecule has 2 aliphatic rings. The zero-order valence-electron chi connectivity index (χ0n) is 12.9. The highest BCUT2D eigenvalue weighted by Gasteiger charge is 2.30. The molecule has 0 spiro atoms. The number of nitrogens with zero attached hydrogens (tertiary/aromatic N) is 1. The van der Waals surface area contributed by atoms with Crippen LogP contribution in [0.3, 0.4) is 0 Å². The van der Waals surface area contributed by atoms with E-state index in [2.05, 4.69) is 15.3 Å². The Morgan fingerprint density at radius 3 is 3.04 bits per heavy atom. The molecular formula is C15H22N4O4. The van der Waals surface area contributed by atoms with Gasteiger partial charge >= 0.3 is 0 Å². The van der Waals surface area contributed by atoms with Crippen molar-refractivity contribution in [2.45, 2.75) is 37.8 Å². The average Bonchev–Trinajstić information content (AvgIpc) is 3.29. The maximum absolute atomic E-state index is 12.2. The third-order valence-corrected chi connectivity index (χ3v) is 4.05. The zero-order chi connectivity index (χ0) is 16.2. The van der Waals surface area contributed by atoms with Crippen molar-refractivity contribution >= 4 is 11.9 Å². The van der Waals surface area contributed by atoms with Crippen LogP contribution >= 0.6 is 0 Å². The van der Waals surface area contributed by atoms with E-state index in [1.807, 2.05) is 0 Å². The summed E-state index contributed by atoms with van der Waals surface area (Å²) in [5.41, 5.74) is 5.47. The number of nitrogen functional groups attached to an aromatic ring is 1. The van der Waals surface area contributed by atoms with E-state index in [1.165, 1.54) is 18.9 Å². The summed E-state index contributed by atoms with van der Waals surface area (Å²) in [7, 11) is 0. The normalized spacial score (nSPS) is 24.3. The third kappa shape index (κ3) is 4.77. The lowest BCUT2D eigenvalue weighted by molar-refractivity contribution is -0.125. The molecule has 0 aromatic carbocycles. The van der Waals surface area contributed by atoms with Crippen molar-refractivity contribution in [2.24, 2.45) is 5.92 Å². The molecule has 2 atom stereocenters. The molecule has 1 saturated heterocycles. The predicted octanol–water partition coefficient (Wildman–Crippen LogP) is -0.405. The molecule has 3 rings (SSSR count). The summed E-state index contributed by atoms with van der Waals surface area (Å²) in [6, 6.07) is 1.20. The van der Waals surface area contributed by atoms with Gasteiger partial charge in [-0.3, -0.25) is 14.6 Å². The highest BCUT2D eigenvalue weighted by atomic mass is 16.5. The number of ether oxygens (including phenoxy) is 2. The van der Waals surface area contributed by atoms with E-state index in [1.54, 1.807) is 0 Å². The van der Waals surface area contributed by atoms with Crippen molar-refractivity contribution in [3.63, 3.8) is 0 Å². The maximum atomic E-state index is 12.2. The van der Waals surface area contributed by atoms with Gasteiger partial charge in [0.25, 0.3) is 5.56 Å². The molecule has 1 saturated carbocycles. The number of anilines is 1. The lowest BCUT2D eigenvalue weighted by Gasteiger charge is -2.32. The molecule has 0 bridgehead atoms. The Kier molecular flexibility index (Phi) is 4.92. The average molecular weight is 322 g/mol. The largest absolute Gasteiger partial charge is 0.379 e. The summed E-state index contributed by atoms with van der Waals surface area (Å²) < 4.78 is 11.3. The predicted molar refractivity (Wildman–Crippen MR) is 82.8 cm³/mol. The Labute approximate surface area is 133 Å². The fourth-order valence-corrected chi connectivity index (χ4v) is 2.63. The fourth-order valence-electron chi connectivity index (χ4n) is 2.63. The van der Waals surface area contributed by atoms with Crippen LogP contribution in [-0.2, 0) is 20.7 Å². The topological polar surface area (TPSA) is 119 Å². The second kappa shape index (κ2) is 7.10. The first-order valence-corrected chi connectivity index (χ1v) is 7.94. The van der Waals surface area contributed by atoms with E-state index in [0.717, 1.165) is 6.61 Å². The molecule has 1 aliphatic carbocycles. The molecule has 1 aromatic heterocycles.